The van der Waals surface area contributed by atoms with Gasteiger partial charge in [-0.15, -0.1) is 0 Å². The molecule has 0 radical (unpaired) electrons. The number of amides is 1. The molecule has 8 nitrogen and oxygen atoms in total. The molecule has 0 bridgehead atoms. The summed E-state index contributed by atoms with van der Waals surface area (Å²) in [5, 5.41) is 0. The first-order valence-electron chi connectivity index (χ1n) is 9.13. The van der Waals surface area contributed by atoms with E-state index >= 15 is 0 Å². The number of anilines is 1. The number of hydrogen-bond donors (Lipinski definition) is 0. The third kappa shape index (κ3) is 3.41. The van der Waals surface area contributed by atoms with Gasteiger partial charge in [-0.1, -0.05) is 0 Å². The minimum Gasteiger partial charge on any atom is -0.378 e. The number of piperidine rings is 1. The van der Waals surface area contributed by atoms with Crippen LogP contribution >= 0.6 is 0 Å². The molecule has 8 heteroatoms. The summed E-state index contributed by atoms with van der Waals surface area (Å²) < 4.78 is 7.39. The van der Waals surface area contributed by atoms with Crippen molar-refractivity contribution in [3.8, 4) is 0 Å². The zero-order valence-electron chi connectivity index (χ0n) is 15.0. The molecule has 0 spiro atoms. The van der Waals surface area contributed by atoms with E-state index in [1.54, 1.807) is 12.4 Å². The third-order valence-corrected chi connectivity index (χ3v) is 5.11. The molecule has 1 atom stereocenters. The molecule has 2 aromatic rings. The van der Waals surface area contributed by atoms with Crippen molar-refractivity contribution in [2.45, 2.75) is 18.8 Å². The highest BCUT2D eigenvalue weighted by Gasteiger charge is 2.28. The molecule has 2 fully saturated rings. The second-order valence-electron chi connectivity index (χ2n) is 6.86. The molecule has 2 aromatic heterocycles. The second-order valence-corrected chi connectivity index (χ2v) is 6.86. The van der Waals surface area contributed by atoms with Gasteiger partial charge in [0.2, 0.25) is 5.95 Å². The lowest BCUT2D eigenvalue weighted by Gasteiger charge is -2.32. The third-order valence-electron chi connectivity index (χ3n) is 5.11. The highest BCUT2D eigenvalue weighted by Crippen LogP contribution is 2.26. The van der Waals surface area contributed by atoms with E-state index in [0.29, 0.717) is 31.3 Å². The number of carbonyl (C=O) groups excluding carboxylic acids is 1. The zero-order valence-corrected chi connectivity index (χ0v) is 15.0. The van der Waals surface area contributed by atoms with E-state index in [1.807, 2.05) is 28.9 Å². The molecule has 1 unspecified atom stereocenters. The van der Waals surface area contributed by atoms with Gasteiger partial charge >= 0.3 is 0 Å². The fraction of sp³-hybridized carbons (Fsp3) is 0.556. The number of ether oxygens (including phenoxy) is 1. The van der Waals surface area contributed by atoms with Gasteiger partial charge in [-0.25, -0.2) is 15.0 Å². The van der Waals surface area contributed by atoms with Crippen LogP contribution in [0, 0.1) is 0 Å². The predicted molar refractivity (Wildman–Crippen MR) is 96.2 cm³/mol. The van der Waals surface area contributed by atoms with E-state index in [9.17, 15) is 4.79 Å². The van der Waals surface area contributed by atoms with Gasteiger partial charge in [-0.2, -0.15) is 0 Å². The molecule has 0 aromatic carbocycles. The van der Waals surface area contributed by atoms with Crippen molar-refractivity contribution >= 4 is 11.9 Å². The lowest BCUT2D eigenvalue weighted by Crippen LogP contribution is -2.40. The Hall–Kier alpha value is -2.48. The number of imidazole rings is 1. The maximum Gasteiger partial charge on any atom is 0.257 e. The second kappa shape index (κ2) is 7.41. The van der Waals surface area contributed by atoms with Gasteiger partial charge in [0.1, 0.15) is 5.82 Å². The van der Waals surface area contributed by atoms with E-state index in [-0.39, 0.29) is 11.8 Å². The fourth-order valence-corrected chi connectivity index (χ4v) is 3.68. The van der Waals surface area contributed by atoms with E-state index in [4.69, 9.17) is 4.74 Å². The highest BCUT2D eigenvalue weighted by atomic mass is 16.5. The Labute approximate surface area is 152 Å². The van der Waals surface area contributed by atoms with Crippen molar-refractivity contribution in [2.24, 2.45) is 7.05 Å². The molecule has 2 saturated heterocycles. The smallest absolute Gasteiger partial charge is 0.257 e. The number of rotatable bonds is 3. The Balaban J connectivity index is 1.44. The topological polar surface area (TPSA) is 76.4 Å². The van der Waals surface area contributed by atoms with Crippen LogP contribution in [-0.4, -0.2) is 69.7 Å². The molecule has 0 aliphatic carbocycles. The van der Waals surface area contributed by atoms with Crippen LogP contribution in [0.3, 0.4) is 0 Å². The van der Waals surface area contributed by atoms with E-state index in [1.165, 1.54) is 0 Å². The lowest BCUT2D eigenvalue weighted by atomic mass is 9.96. The number of aromatic nitrogens is 4. The van der Waals surface area contributed by atoms with Crippen molar-refractivity contribution in [1.82, 2.24) is 24.4 Å². The van der Waals surface area contributed by atoms with Gasteiger partial charge in [0.15, 0.2) is 0 Å². The van der Waals surface area contributed by atoms with E-state index < -0.39 is 0 Å². The molecular weight excluding hydrogens is 332 g/mol. The summed E-state index contributed by atoms with van der Waals surface area (Å²) >= 11 is 0. The van der Waals surface area contributed by atoms with Crippen LogP contribution in [0.5, 0.6) is 0 Å². The van der Waals surface area contributed by atoms with E-state index in [2.05, 4.69) is 19.9 Å². The Bertz CT molecular complexity index is 753. The minimum absolute atomic E-state index is 0.00237. The zero-order chi connectivity index (χ0) is 17.9. The van der Waals surface area contributed by atoms with Crippen LogP contribution in [0.4, 0.5) is 5.95 Å². The van der Waals surface area contributed by atoms with Crippen molar-refractivity contribution in [2.75, 3.05) is 44.3 Å². The standard InChI is InChI=1S/C18H24N6O2/c1-22-6-4-19-16(22)14-3-2-5-24(13-14)17(25)15-11-20-18(21-12-15)23-7-9-26-10-8-23/h4,6,11-12,14H,2-3,5,7-10,13H2,1H3. The van der Waals surface area contributed by atoms with Crippen molar-refractivity contribution in [3.05, 3.63) is 36.2 Å². The van der Waals surface area contributed by atoms with Crippen LogP contribution < -0.4 is 4.90 Å². The van der Waals surface area contributed by atoms with Crippen molar-refractivity contribution < 1.29 is 9.53 Å². The van der Waals surface area contributed by atoms with Crippen LogP contribution in [0.25, 0.3) is 0 Å². The number of morpholine rings is 1. The summed E-state index contributed by atoms with van der Waals surface area (Å²) in [7, 11) is 2.00. The summed E-state index contributed by atoms with van der Waals surface area (Å²) in [5.74, 6) is 1.98. The summed E-state index contributed by atoms with van der Waals surface area (Å²) in [5.41, 5.74) is 0.544. The Morgan fingerprint density at radius 3 is 2.62 bits per heavy atom. The average molecular weight is 356 g/mol. The quantitative estimate of drug-likeness (QED) is 0.819. The molecule has 0 saturated carbocycles. The first-order valence-corrected chi connectivity index (χ1v) is 9.13. The number of likely N-dealkylation sites (tertiary alicyclic amines) is 1. The average Bonchev–Trinajstić information content (AvgIpc) is 3.14. The fourth-order valence-electron chi connectivity index (χ4n) is 3.68. The maximum absolute atomic E-state index is 12.9. The predicted octanol–water partition coefficient (Wildman–Crippen LogP) is 1.07. The highest BCUT2D eigenvalue weighted by molar-refractivity contribution is 5.93. The Morgan fingerprint density at radius 1 is 1.15 bits per heavy atom. The minimum atomic E-state index is -0.00237. The molecule has 26 heavy (non-hydrogen) atoms. The Kier molecular flexibility index (Phi) is 4.83. The van der Waals surface area contributed by atoms with Gasteiger partial charge in [0.25, 0.3) is 5.91 Å². The molecule has 2 aliphatic heterocycles. The Morgan fingerprint density at radius 2 is 1.92 bits per heavy atom. The van der Waals surface area contributed by atoms with Crippen molar-refractivity contribution in [1.29, 1.82) is 0 Å². The number of carbonyl (C=O) groups is 1. The normalized spacial score (nSPS) is 21.0. The molecule has 4 heterocycles. The van der Waals surface area contributed by atoms with Gasteiger partial charge in [-0.05, 0) is 12.8 Å². The van der Waals surface area contributed by atoms with Crippen LogP contribution in [0.1, 0.15) is 34.9 Å². The van der Waals surface area contributed by atoms with Gasteiger partial charge in [0.05, 0.1) is 18.8 Å². The van der Waals surface area contributed by atoms with Crippen molar-refractivity contribution in [3.63, 3.8) is 0 Å². The van der Waals surface area contributed by atoms with E-state index in [0.717, 1.165) is 38.3 Å². The summed E-state index contributed by atoms with van der Waals surface area (Å²) in [6, 6.07) is 0. The summed E-state index contributed by atoms with van der Waals surface area (Å²) in [6.07, 6.45) is 9.09. The largest absolute Gasteiger partial charge is 0.378 e. The summed E-state index contributed by atoms with van der Waals surface area (Å²) in [4.78, 5) is 30.1. The molecule has 138 valence electrons. The molecular formula is C18H24N6O2. The van der Waals surface area contributed by atoms with Crippen LogP contribution in [0.15, 0.2) is 24.8 Å². The lowest BCUT2D eigenvalue weighted by molar-refractivity contribution is 0.0702. The van der Waals surface area contributed by atoms with Crippen LogP contribution in [0.2, 0.25) is 0 Å². The first-order chi connectivity index (χ1) is 12.7. The molecule has 2 aliphatic rings. The SMILES string of the molecule is Cn1ccnc1C1CCCN(C(=O)c2cnc(N3CCOCC3)nc2)C1. The maximum atomic E-state index is 12.9. The first kappa shape index (κ1) is 17.0. The molecule has 0 N–H and O–H groups in total. The van der Waals surface area contributed by atoms with Gasteiger partial charge in [-0.3, -0.25) is 4.79 Å². The number of hydrogen-bond acceptors (Lipinski definition) is 6. The number of aryl methyl sites for hydroxylation is 1. The molecule has 4 rings (SSSR count). The van der Waals surface area contributed by atoms with Gasteiger partial charge in [0, 0.05) is 63.9 Å². The van der Waals surface area contributed by atoms with Gasteiger partial charge < -0.3 is 19.1 Å². The monoisotopic (exact) mass is 356 g/mol. The molecule has 1 amide bonds. The summed E-state index contributed by atoms with van der Waals surface area (Å²) in [6.45, 7) is 4.40. The number of nitrogens with zero attached hydrogens (tertiary/aromatic N) is 6. The van der Waals surface area contributed by atoms with Crippen LogP contribution in [-0.2, 0) is 11.8 Å².